The fourth-order valence-corrected chi connectivity index (χ4v) is 7.23. The molecular weight excluding hydrogens is 1010 g/mol. The van der Waals surface area contributed by atoms with Crippen molar-refractivity contribution in [3.05, 3.63) is 179 Å². The molecule has 0 fully saturated rings. The third kappa shape index (κ3) is 31.6. The minimum Gasteiger partial charge on any atom is -0.456 e. The van der Waals surface area contributed by atoms with Crippen molar-refractivity contribution in [3.8, 4) is 0 Å². The molecule has 20 heteroatoms. The largest absolute Gasteiger partial charge is 0.456 e. The average Bonchev–Trinajstić information content (AvgIpc) is 3.32. The van der Waals surface area contributed by atoms with E-state index in [0.29, 0.717) is 0 Å². The molecule has 4 aromatic rings. The highest BCUT2D eigenvalue weighted by molar-refractivity contribution is 7.63. The molecule has 0 saturated heterocycles. The van der Waals surface area contributed by atoms with Gasteiger partial charge in [0.05, 0.1) is 21.4 Å². The van der Waals surface area contributed by atoms with Crippen LogP contribution in [-0.2, 0) is 83.0 Å². The number of amides is 3. The van der Waals surface area contributed by atoms with E-state index >= 15 is 0 Å². The van der Waals surface area contributed by atoms with Crippen LogP contribution in [0.3, 0.4) is 0 Å². The van der Waals surface area contributed by atoms with Crippen molar-refractivity contribution in [1.29, 1.82) is 0 Å². The summed E-state index contributed by atoms with van der Waals surface area (Å²) in [5.41, 5.74) is 2.48. The molecule has 17 nitrogen and oxygen atoms in total. The Hall–Kier alpha value is -6.79. The first-order valence-electron chi connectivity index (χ1n) is 23.2. The standard InChI is InChI=1S/C21H24NO5P.C18H26NO5P.C15H20NO4P/c1-28(2,25)14-13-19(20(23)26-15-17-9-5-3-6-10-17)22-21(24)27-16-18-11-7-4-8-12-18;1-18(2,3)24-17(21)19-15(11-12-25(4,5)22)16(20)23-13-14-9-7-6-8-10-14;1-12(17)16-14(9-10-21(2,3)19)15(18)20-11-13-7-5-4-6-8-13/h3-13H,14-16H2,1-2H3,(H,22,24);6-11H,12-13H2,1-5H3,(H,19,21);4-9H,10-11H2,1-3H3,(H,16,17)/b19-13-;15-11-;14-9-. The molecule has 0 aliphatic carbocycles. The molecule has 400 valence electrons. The van der Waals surface area contributed by atoms with E-state index in [4.69, 9.17) is 23.7 Å². The van der Waals surface area contributed by atoms with Gasteiger partial charge in [0.2, 0.25) is 5.91 Å². The lowest BCUT2D eigenvalue weighted by Crippen LogP contribution is -2.34. The zero-order chi connectivity index (χ0) is 55.4. The zero-order valence-corrected chi connectivity index (χ0v) is 46.5. The van der Waals surface area contributed by atoms with Crippen molar-refractivity contribution in [1.82, 2.24) is 16.0 Å². The molecule has 0 unspecified atom stereocenters. The van der Waals surface area contributed by atoms with E-state index < -0.39 is 57.1 Å². The van der Waals surface area contributed by atoms with Gasteiger partial charge in [-0.3, -0.25) is 15.4 Å². The summed E-state index contributed by atoms with van der Waals surface area (Å²) in [6.07, 6.45) is 3.28. The van der Waals surface area contributed by atoms with Gasteiger partial charge in [0.1, 0.15) is 49.1 Å². The molecule has 0 radical (unpaired) electrons. The number of rotatable bonds is 20. The molecule has 0 saturated carbocycles. The van der Waals surface area contributed by atoms with Crippen LogP contribution in [0.25, 0.3) is 0 Å². The quantitative estimate of drug-likeness (QED) is 0.0323. The molecule has 0 aromatic heterocycles. The monoisotopic (exact) mass is 1080 g/mol. The third-order valence-electron chi connectivity index (χ3n) is 8.90. The van der Waals surface area contributed by atoms with Crippen molar-refractivity contribution in [2.45, 2.75) is 59.7 Å². The normalized spacial score (nSPS) is 11.9. The van der Waals surface area contributed by atoms with E-state index in [-0.39, 0.29) is 67.9 Å². The van der Waals surface area contributed by atoms with Gasteiger partial charge >= 0.3 is 30.1 Å². The second kappa shape index (κ2) is 31.7. The van der Waals surface area contributed by atoms with Crippen LogP contribution >= 0.6 is 21.4 Å². The van der Waals surface area contributed by atoms with Crippen LogP contribution in [0, 0.1) is 0 Å². The van der Waals surface area contributed by atoms with Gasteiger partial charge in [-0.2, -0.15) is 0 Å². The number of nitrogens with one attached hydrogen (secondary N) is 3. The van der Waals surface area contributed by atoms with Gasteiger partial charge in [-0.15, -0.1) is 0 Å². The predicted molar refractivity (Wildman–Crippen MR) is 289 cm³/mol. The Labute approximate surface area is 435 Å². The summed E-state index contributed by atoms with van der Waals surface area (Å²) in [6, 6.07) is 36.8. The first-order valence-corrected chi connectivity index (χ1v) is 31.5. The predicted octanol–water partition coefficient (Wildman–Crippen LogP) is 10.3. The van der Waals surface area contributed by atoms with Crippen molar-refractivity contribution >= 4 is 57.4 Å². The number of ether oxygens (including phenoxy) is 5. The summed E-state index contributed by atoms with van der Waals surface area (Å²) in [6.45, 7) is 16.4. The second-order valence-electron chi connectivity index (χ2n) is 18.8. The van der Waals surface area contributed by atoms with Crippen LogP contribution < -0.4 is 16.0 Å². The molecule has 0 aliphatic heterocycles. The Balaban J connectivity index is 0.000000384. The average molecular weight is 1080 g/mol. The highest BCUT2D eigenvalue weighted by Gasteiger charge is 2.22. The van der Waals surface area contributed by atoms with Crippen LogP contribution in [0.4, 0.5) is 9.59 Å². The smallest absolute Gasteiger partial charge is 0.412 e. The first-order chi connectivity index (χ1) is 34.6. The lowest BCUT2D eigenvalue weighted by Gasteiger charge is -2.20. The Bertz CT molecular complexity index is 2690. The van der Waals surface area contributed by atoms with Crippen LogP contribution in [0.5, 0.6) is 0 Å². The van der Waals surface area contributed by atoms with E-state index in [1.807, 2.05) is 121 Å². The van der Waals surface area contributed by atoms with Crippen molar-refractivity contribution in [3.63, 3.8) is 0 Å². The summed E-state index contributed by atoms with van der Waals surface area (Å²) in [5, 5.41) is 7.20. The van der Waals surface area contributed by atoms with Gasteiger partial charge in [-0.05, 0) is 101 Å². The lowest BCUT2D eigenvalue weighted by molar-refractivity contribution is -0.142. The summed E-state index contributed by atoms with van der Waals surface area (Å²) < 4.78 is 61.5. The van der Waals surface area contributed by atoms with Gasteiger partial charge in [0.15, 0.2) is 0 Å². The zero-order valence-electron chi connectivity index (χ0n) is 43.8. The van der Waals surface area contributed by atoms with E-state index in [2.05, 4.69) is 16.0 Å². The van der Waals surface area contributed by atoms with Crippen molar-refractivity contribution in [2.75, 3.05) is 58.5 Å². The molecular formula is C54H70N3O14P3. The Morgan fingerprint density at radius 3 is 0.932 bits per heavy atom. The summed E-state index contributed by atoms with van der Waals surface area (Å²) in [5.74, 6) is -2.43. The number of esters is 3. The highest BCUT2D eigenvalue weighted by atomic mass is 31.2. The van der Waals surface area contributed by atoms with Gasteiger partial charge in [0, 0.05) is 25.4 Å². The highest BCUT2D eigenvalue weighted by Crippen LogP contribution is 2.37. The van der Waals surface area contributed by atoms with E-state index in [1.165, 1.54) is 25.2 Å². The van der Waals surface area contributed by atoms with E-state index in [0.717, 1.165) is 22.3 Å². The molecule has 4 rings (SSSR count). The van der Waals surface area contributed by atoms with Crippen LogP contribution in [0.2, 0.25) is 0 Å². The first kappa shape index (κ1) is 63.3. The van der Waals surface area contributed by atoms with Crippen LogP contribution in [0.1, 0.15) is 49.9 Å². The number of carbonyl (C=O) groups excluding carboxylic acids is 6. The van der Waals surface area contributed by atoms with Crippen molar-refractivity contribution in [2.24, 2.45) is 0 Å². The lowest BCUT2D eigenvalue weighted by atomic mass is 10.2. The Morgan fingerprint density at radius 1 is 0.419 bits per heavy atom. The van der Waals surface area contributed by atoms with Gasteiger partial charge in [0.25, 0.3) is 0 Å². The molecule has 0 spiro atoms. The molecule has 0 heterocycles. The molecule has 0 bridgehead atoms. The Kier molecular flexibility index (Phi) is 27.1. The van der Waals surface area contributed by atoms with Crippen LogP contribution in [-0.4, -0.2) is 100 Å². The Morgan fingerprint density at radius 2 is 0.676 bits per heavy atom. The molecule has 74 heavy (non-hydrogen) atoms. The maximum Gasteiger partial charge on any atom is 0.412 e. The fraction of sp³-hybridized carbons (Fsp3) is 0.333. The minimum absolute atomic E-state index is 0.0300. The van der Waals surface area contributed by atoms with Gasteiger partial charge < -0.3 is 42.7 Å². The van der Waals surface area contributed by atoms with E-state index in [9.17, 15) is 42.5 Å². The minimum atomic E-state index is -2.42. The fourth-order valence-electron chi connectivity index (χ4n) is 5.36. The van der Waals surface area contributed by atoms with Crippen molar-refractivity contribution < 1.29 is 66.1 Å². The summed E-state index contributed by atoms with van der Waals surface area (Å²) in [4.78, 5) is 71.8. The molecule has 4 aromatic carbocycles. The number of hydrogen-bond acceptors (Lipinski definition) is 14. The topological polar surface area (TPSA) is 236 Å². The summed E-state index contributed by atoms with van der Waals surface area (Å²) in [7, 11) is -7.13. The third-order valence-corrected chi connectivity index (χ3v) is 12.1. The summed E-state index contributed by atoms with van der Waals surface area (Å²) >= 11 is 0. The van der Waals surface area contributed by atoms with Gasteiger partial charge in [-0.1, -0.05) is 121 Å². The number of carbonyl (C=O) groups is 6. The molecule has 3 N–H and O–H groups in total. The maximum atomic E-state index is 12.4. The van der Waals surface area contributed by atoms with Crippen LogP contribution in [0.15, 0.2) is 157 Å². The number of allylic oxidation sites excluding steroid dienone is 3. The SMILES string of the molecule is CC(=O)N/C(=C\CP(C)(C)=O)C(=O)OCc1ccccc1.CC(C)(C)OC(=O)N/C(=C\CP(C)(C)=O)C(=O)OCc1ccccc1.CP(C)(=O)C/C=C(\NC(=O)OCc1ccccc1)C(=O)OCc1ccccc1. The second-order valence-corrected chi connectivity index (χ2v) is 29.3. The molecule has 0 aliphatic rings. The number of benzene rings is 4. The van der Waals surface area contributed by atoms with Gasteiger partial charge in [-0.25, -0.2) is 24.0 Å². The van der Waals surface area contributed by atoms with E-state index in [1.54, 1.807) is 60.8 Å². The number of hydrogen-bond donors (Lipinski definition) is 3. The number of alkyl carbamates (subject to hydrolysis) is 2. The molecule has 3 amide bonds. The molecule has 0 atom stereocenters. The maximum absolute atomic E-state index is 12.4.